The minimum atomic E-state index is -0.0146. The predicted octanol–water partition coefficient (Wildman–Crippen LogP) is 4.22. The summed E-state index contributed by atoms with van der Waals surface area (Å²) in [5.74, 6) is 0. The van der Waals surface area contributed by atoms with Crippen LogP contribution in [-0.4, -0.2) is 16.4 Å². The van der Waals surface area contributed by atoms with Crippen molar-refractivity contribution in [1.82, 2.24) is 9.38 Å². The molecule has 0 bridgehead atoms. The minimum Gasteiger partial charge on any atom is -0.345 e. The summed E-state index contributed by atoms with van der Waals surface area (Å²) in [6, 6.07) is 26.2. The minimum absolute atomic E-state index is 0.0146. The van der Waals surface area contributed by atoms with Crippen LogP contribution in [0.2, 0.25) is 0 Å². The quantitative estimate of drug-likeness (QED) is 0.468. The largest absolute Gasteiger partial charge is 0.345 e. The molecule has 0 spiro atoms. The Morgan fingerprint density at radius 1 is 0.893 bits per heavy atom. The van der Waals surface area contributed by atoms with Gasteiger partial charge in [0.25, 0.3) is 5.56 Å². The molecular formula is C23H17N3OS. The van der Waals surface area contributed by atoms with Gasteiger partial charge in [-0.05, 0) is 48.0 Å². The van der Waals surface area contributed by atoms with Gasteiger partial charge in [-0.15, -0.1) is 0 Å². The summed E-state index contributed by atoms with van der Waals surface area (Å²) in [5.41, 5.74) is 4.92. The summed E-state index contributed by atoms with van der Waals surface area (Å²) < 4.78 is 2.39. The van der Waals surface area contributed by atoms with Crippen LogP contribution >= 0.6 is 11.3 Å². The van der Waals surface area contributed by atoms with Crippen molar-refractivity contribution in [2.45, 2.75) is 0 Å². The standard InChI is InChI=1S/C23H17N3OS/c1-25(17-7-3-2-4-8-17)18-13-11-16(12-14-18)15-21-22(27)26-20-10-6-5-9-19(20)24-23(26)28-21/h2-15H,1H3. The Hall–Kier alpha value is -3.44. The Bertz CT molecular complexity index is 1390. The zero-order valence-electron chi connectivity index (χ0n) is 15.2. The van der Waals surface area contributed by atoms with Gasteiger partial charge < -0.3 is 4.90 Å². The molecule has 0 N–H and O–H groups in total. The monoisotopic (exact) mass is 383 g/mol. The van der Waals surface area contributed by atoms with Crippen LogP contribution < -0.4 is 15.0 Å². The van der Waals surface area contributed by atoms with Gasteiger partial charge >= 0.3 is 0 Å². The van der Waals surface area contributed by atoms with Crippen molar-refractivity contribution >= 4 is 44.8 Å². The maximum Gasteiger partial charge on any atom is 0.274 e. The maximum absolute atomic E-state index is 12.9. The van der Waals surface area contributed by atoms with Gasteiger partial charge in [-0.3, -0.25) is 4.79 Å². The molecule has 0 unspecified atom stereocenters. The number of benzene rings is 3. The fraction of sp³-hybridized carbons (Fsp3) is 0.0435. The van der Waals surface area contributed by atoms with Gasteiger partial charge in [0.2, 0.25) is 0 Å². The number of imidazole rings is 1. The van der Waals surface area contributed by atoms with E-state index in [1.165, 1.54) is 11.3 Å². The number of nitrogens with zero attached hydrogens (tertiary/aromatic N) is 3. The van der Waals surface area contributed by atoms with E-state index in [0.717, 1.165) is 32.9 Å². The number of hydrogen-bond acceptors (Lipinski definition) is 4. The highest BCUT2D eigenvalue weighted by molar-refractivity contribution is 7.15. The lowest BCUT2D eigenvalue weighted by molar-refractivity contribution is 1.19. The highest BCUT2D eigenvalue weighted by Gasteiger charge is 2.10. The number of anilines is 2. The second kappa shape index (κ2) is 6.62. The van der Waals surface area contributed by atoms with Gasteiger partial charge in [-0.25, -0.2) is 9.38 Å². The zero-order valence-corrected chi connectivity index (χ0v) is 16.1. The number of para-hydroxylation sites is 3. The van der Waals surface area contributed by atoms with Gasteiger partial charge in [0.05, 0.1) is 15.6 Å². The SMILES string of the molecule is CN(c1ccccc1)c1ccc(C=c2sc3nc4ccccc4n3c2=O)cc1. The van der Waals surface area contributed by atoms with Crippen LogP contribution in [0.4, 0.5) is 11.4 Å². The normalized spacial score (nSPS) is 12.1. The molecule has 0 fully saturated rings. The average Bonchev–Trinajstić information content (AvgIpc) is 3.25. The average molecular weight is 383 g/mol. The molecule has 0 radical (unpaired) electrons. The van der Waals surface area contributed by atoms with Crippen molar-refractivity contribution in [3.63, 3.8) is 0 Å². The highest BCUT2D eigenvalue weighted by atomic mass is 32.1. The van der Waals surface area contributed by atoms with Gasteiger partial charge in [0, 0.05) is 18.4 Å². The molecule has 0 atom stereocenters. The van der Waals surface area contributed by atoms with Crippen LogP contribution in [0.3, 0.4) is 0 Å². The van der Waals surface area contributed by atoms with E-state index in [1.54, 1.807) is 4.40 Å². The maximum atomic E-state index is 12.9. The molecule has 0 saturated carbocycles. The topological polar surface area (TPSA) is 37.6 Å². The Kier molecular flexibility index (Phi) is 3.95. The van der Waals surface area contributed by atoms with E-state index in [0.29, 0.717) is 4.53 Å². The van der Waals surface area contributed by atoms with Crippen molar-refractivity contribution < 1.29 is 0 Å². The van der Waals surface area contributed by atoms with E-state index in [4.69, 9.17) is 0 Å². The Balaban J connectivity index is 1.53. The summed E-state index contributed by atoms with van der Waals surface area (Å²) in [4.78, 5) is 20.3. The summed E-state index contributed by atoms with van der Waals surface area (Å²) in [6.07, 6.45) is 1.93. The molecule has 2 heterocycles. The second-order valence-electron chi connectivity index (χ2n) is 6.62. The lowest BCUT2D eigenvalue weighted by atomic mass is 10.2. The lowest BCUT2D eigenvalue weighted by Crippen LogP contribution is -2.22. The molecular weight excluding hydrogens is 366 g/mol. The Morgan fingerprint density at radius 2 is 1.57 bits per heavy atom. The molecule has 0 aliphatic rings. The number of rotatable bonds is 3. The molecule has 0 saturated heterocycles. The molecule has 3 aromatic carbocycles. The molecule has 0 aliphatic heterocycles. The molecule has 5 heteroatoms. The molecule has 4 nitrogen and oxygen atoms in total. The molecule has 0 aliphatic carbocycles. The Labute approximate surface area is 165 Å². The van der Waals surface area contributed by atoms with E-state index in [1.807, 2.05) is 67.7 Å². The van der Waals surface area contributed by atoms with Crippen molar-refractivity contribution in [2.75, 3.05) is 11.9 Å². The van der Waals surface area contributed by atoms with Crippen molar-refractivity contribution in [3.05, 3.63) is 99.3 Å². The molecule has 5 aromatic rings. The molecule has 2 aromatic heterocycles. The van der Waals surface area contributed by atoms with Gasteiger partial charge in [0.1, 0.15) is 0 Å². The van der Waals surface area contributed by atoms with Crippen molar-refractivity contribution in [2.24, 2.45) is 0 Å². The van der Waals surface area contributed by atoms with Crippen LogP contribution in [-0.2, 0) is 0 Å². The van der Waals surface area contributed by atoms with Crippen LogP contribution in [0, 0.1) is 0 Å². The number of aromatic nitrogens is 2. The van der Waals surface area contributed by atoms with Gasteiger partial charge in [0.15, 0.2) is 4.96 Å². The van der Waals surface area contributed by atoms with Gasteiger partial charge in [-0.2, -0.15) is 0 Å². The van der Waals surface area contributed by atoms with Gasteiger partial charge in [-0.1, -0.05) is 53.8 Å². The number of fused-ring (bicyclic) bond motifs is 3. The molecule has 136 valence electrons. The van der Waals surface area contributed by atoms with E-state index >= 15 is 0 Å². The first-order chi connectivity index (χ1) is 13.7. The van der Waals surface area contributed by atoms with Crippen LogP contribution in [0.15, 0.2) is 83.7 Å². The van der Waals surface area contributed by atoms with Crippen LogP contribution in [0.5, 0.6) is 0 Å². The first-order valence-corrected chi connectivity index (χ1v) is 9.83. The first kappa shape index (κ1) is 16.7. The summed E-state index contributed by atoms with van der Waals surface area (Å²) in [7, 11) is 2.04. The fourth-order valence-corrected chi connectivity index (χ4v) is 4.35. The summed E-state index contributed by atoms with van der Waals surface area (Å²) >= 11 is 1.43. The third kappa shape index (κ3) is 2.77. The van der Waals surface area contributed by atoms with E-state index in [-0.39, 0.29) is 5.56 Å². The van der Waals surface area contributed by atoms with Crippen LogP contribution in [0.25, 0.3) is 22.1 Å². The smallest absolute Gasteiger partial charge is 0.274 e. The van der Waals surface area contributed by atoms with E-state index in [9.17, 15) is 4.79 Å². The van der Waals surface area contributed by atoms with E-state index in [2.05, 4.69) is 34.1 Å². The van der Waals surface area contributed by atoms with Crippen LogP contribution in [0.1, 0.15) is 5.56 Å². The number of thiazole rings is 1. The number of hydrogen-bond donors (Lipinski definition) is 0. The summed E-state index contributed by atoms with van der Waals surface area (Å²) in [5, 5.41) is 0. The Morgan fingerprint density at radius 3 is 2.36 bits per heavy atom. The second-order valence-corrected chi connectivity index (χ2v) is 7.63. The third-order valence-electron chi connectivity index (χ3n) is 4.87. The summed E-state index contributed by atoms with van der Waals surface area (Å²) in [6.45, 7) is 0. The predicted molar refractivity (Wildman–Crippen MR) is 117 cm³/mol. The van der Waals surface area contributed by atoms with E-state index < -0.39 is 0 Å². The zero-order chi connectivity index (χ0) is 19.1. The highest BCUT2D eigenvalue weighted by Crippen LogP contribution is 2.23. The molecule has 0 amide bonds. The third-order valence-corrected chi connectivity index (χ3v) is 5.84. The first-order valence-electron chi connectivity index (χ1n) is 9.01. The molecule has 5 rings (SSSR count). The lowest BCUT2D eigenvalue weighted by Gasteiger charge is -2.19. The van der Waals surface area contributed by atoms with Crippen molar-refractivity contribution in [1.29, 1.82) is 0 Å². The van der Waals surface area contributed by atoms with Crippen molar-refractivity contribution in [3.8, 4) is 0 Å². The molecule has 28 heavy (non-hydrogen) atoms. The fourth-order valence-electron chi connectivity index (χ4n) is 3.36.